The van der Waals surface area contributed by atoms with E-state index >= 15 is 0 Å². The zero-order valence-corrected chi connectivity index (χ0v) is 9.96. The number of aliphatic hydroxyl groups is 1. The molecular formula is C11H21NO3. The molecule has 0 spiro atoms. The fourth-order valence-corrected chi connectivity index (χ4v) is 1.64. The lowest BCUT2D eigenvalue weighted by Crippen LogP contribution is -2.52. The number of hydrogen-bond acceptors (Lipinski definition) is 4. The highest BCUT2D eigenvalue weighted by Gasteiger charge is 2.40. The summed E-state index contributed by atoms with van der Waals surface area (Å²) in [7, 11) is 1.28. The van der Waals surface area contributed by atoms with Gasteiger partial charge in [-0.25, -0.2) is 4.79 Å². The minimum atomic E-state index is -1.44. The van der Waals surface area contributed by atoms with Crippen molar-refractivity contribution < 1.29 is 14.6 Å². The standard InChI is InChI=1S/C11H21NO3/c1-10(2,8-5-6-8)12-7-11(3,14)9(13)15-4/h8,12,14H,5-7H2,1-4H3. The minimum absolute atomic E-state index is 0.0159. The summed E-state index contributed by atoms with van der Waals surface area (Å²) in [6.07, 6.45) is 2.45. The Balaban J connectivity index is 2.44. The van der Waals surface area contributed by atoms with Crippen molar-refractivity contribution in [2.24, 2.45) is 5.92 Å². The average Bonchev–Trinajstić information content (AvgIpc) is 2.97. The Hall–Kier alpha value is -0.610. The third kappa shape index (κ3) is 3.18. The van der Waals surface area contributed by atoms with Gasteiger partial charge in [0.15, 0.2) is 5.60 Å². The van der Waals surface area contributed by atoms with Gasteiger partial charge in [0.2, 0.25) is 0 Å². The van der Waals surface area contributed by atoms with E-state index in [4.69, 9.17) is 0 Å². The molecule has 4 nitrogen and oxygen atoms in total. The first-order valence-corrected chi connectivity index (χ1v) is 5.35. The number of carbonyl (C=O) groups excluding carboxylic acids is 1. The number of rotatable bonds is 5. The van der Waals surface area contributed by atoms with Gasteiger partial charge >= 0.3 is 5.97 Å². The first kappa shape index (κ1) is 12.5. The molecule has 2 N–H and O–H groups in total. The second kappa shape index (κ2) is 4.10. The molecule has 1 saturated carbocycles. The van der Waals surface area contributed by atoms with Gasteiger partial charge in [0, 0.05) is 12.1 Å². The van der Waals surface area contributed by atoms with Gasteiger partial charge in [0.25, 0.3) is 0 Å². The van der Waals surface area contributed by atoms with Crippen molar-refractivity contribution in [3.05, 3.63) is 0 Å². The number of carbonyl (C=O) groups is 1. The maximum absolute atomic E-state index is 11.2. The van der Waals surface area contributed by atoms with Crippen molar-refractivity contribution in [3.63, 3.8) is 0 Å². The topological polar surface area (TPSA) is 58.6 Å². The van der Waals surface area contributed by atoms with Crippen molar-refractivity contribution in [2.75, 3.05) is 13.7 Å². The van der Waals surface area contributed by atoms with Crippen LogP contribution in [-0.4, -0.2) is 35.9 Å². The van der Waals surface area contributed by atoms with Gasteiger partial charge in [-0.15, -0.1) is 0 Å². The van der Waals surface area contributed by atoms with Gasteiger partial charge in [0.05, 0.1) is 7.11 Å². The molecule has 88 valence electrons. The molecule has 0 aliphatic heterocycles. The van der Waals surface area contributed by atoms with Gasteiger partial charge in [0.1, 0.15) is 0 Å². The molecule has 1 unspecified atom stereocenters. The molecule has 0 saturated heterocycles. The summed E-state index contributed by atoms with van der Waals surface area (Å²) in [5, 5.41) is 13.0. The van der Waals surface area contributed by atoms with Crippen LogP contribution in [0.15, 0.2) is 0 Å². The van der Waals surface area contributed by atoms with Crippen LogP contribution in [0.5, 0.6) is 0 Å². The number of esters is 1. The summed E-state index contributed by atoms with van der Waals surface area (Å²) in [6.45, 7) is 5.88. The highest BCUT2D eigenvalue weighted by Crippen LogP contribution is 2.39. The molecule has 15 heavy (non-hydrogen) atoms. The van der Waals surface area contributed by atoms with E-state index < -0.39 is 11.6 Å². The van der Waals surface area contributed by atoms with E-state index in [1.54, 1.807) is 0 Å². The fourth-order valence-electron chi connectivity index (χ4n) is 1.64. The van der Waals surface area contributed by atoms with Crippen LogP contribution in [-0.2, 0) is 9.53 Å². The average molecular weight is 215 g/mol. The lowest BCUT2D eigenvalue weighted by molar-refractivity contribution is -0.160. The van der Waals surface area contributed by atoms with E-state index in [-0.39, 0.29) is 12.1 Å². The van der Waals surface area contributed by atoms with E-state index in [2.05, 4.69) is 23.9 Å². The molecule has 4 heteroatoms. The molecule has 1 rings (SSSR count). The Morgan fingerprint density at radius 3 is 2.40 bits per heavy atom. The molecule has 0 bridgehead atoms. The first-order chi connectivity index (χ1) is 6.79. The van der Waals surface area contributed by atoms with Gasteiger partial charge in [-0.2, -0.15) is 0 Å². The Bertz CT molecular complexity index is 244. The number of hydrogen-bond donors (Lipinski definition) is 2. The molecule has 0 radical (unpaired) electrons. The zero-order valence-electron chi connectivity index (χ0n) is 9.96. The number of nitrogens with one attached hydrogen (secondary N) is 1. The monoisotopic (exact) mass is 215 g/mol. The van der Waals surface area contributed by atoms with E-state index in [0.717, 1.165) is 0 Å². The Kier molecular flexibility index (Phi) is 3.41. The predicted molar refractivity (Wildman–Crippen MR) is 57.4 cm³/mol. The lowest BCUT2D eigenvalue weighted by atomic mass is 9.97. The van der Waals surface area contributed by atoms with Crippen LogP contribution in [0.1, 0.15) is 33.6 Å². The van der Waals surface area contributed by atoms with Crippen LogP contribution in [0.2, 0.25) is 0 Å². The molecule has 1 atom stereocenters. The normalized spacial score (nSPS) is 20.9. The van der Waals surface area contributed by atoms with Crippen molar-refractivity contribution >= 4 is 5.97 Å². The Labute approximate surface area is 91.0 Å². The molecule has 0 aromatic heterocycles. The fraction of sp³-hybridized carbons (Fsp3) is 0.909. The molecule has 1 aliphatic rings. The molecule has 0 aromatic rings. The first-order valence-electron chi connectivity index (χ1n) is 5.35. The molecular weight excluding hydrogens is 194 g/mol. The highest BCUT2D eigenvalue weighted by atomic mass is 16.5. The molecule has 1 fully saturated rings. The highest BCUT2D eigenvalue weighted by molar-refractivity contribution is 5.78. The van der Waals surface area contributed by atoms with Gasteiger partial charge < -0.3 is 15.2 Å². The SMILES string of the molecule is COC(=O)C(C)(O)CNC(C)(C)C1CC1. The Morgan fingerprint density at radius 1 is 1.47 bits per heavy atom. The molecule has 0 heterocycles. The third-order valence-corrected chi connectivity index (χ3v) is 3.11. The second-order valence-corrected chi connectivity index (χ2v) is 5.11. The summed E-state index contributed by atoms with van der Waals surface area (Å²) in [5.41, 5.74) is -1.46. The largest absolute Gasteiger partial charge is 0.467 e. The zero-order chi connectivity index (χ0) is 11.7. The van der Waals surface area contributed by atoms with Crippen LogP contribution in [0.3, 0.4) is 0 Å². The van der Waals surface area contributed by atoms with Gasteiger partial charge in [-0.1, -0.05) is 0 Å². The lowest BCUT2D eigenvalue weighted by Gasteiger charge is -2.30. The van der Waals surface area contributed by atoms with Crippen LogP contribution in [0.4, 0.5) is 0 Å². The van der Waals surface area contributed by atoms with Crippen molar-refractivity contribution in [2.45, 2.75) is 44.8 Å². The van der Waals surface area contributed by atoms with Gasteiger partial charge in [-0.3, -0.25) is 0 Å². The summed E-state index contributed by atoms with van der Waals surface area (Å²) in [5.74, 6) is 0.0625. The summed E-state index contributed by atoms with van der Waals surface area (Å²) >= 11 is 0. The van der Waals surface area contributed by atoms with Gasteiger partial charge in [-0.05, 0) is 39.5 Å². The second-order valence-electron chi connectivity index (χ2n) is 5.11. The molecule has 1 aliphatic carbocycles. The minimum Gasteiger partial charge on any atom is -0.467 e. The number of methoxy groups -OCH3 is 1. The van der Waals surface area contributed by atoms with Crippen LogP contribution >= 0.6 is 0 Å². The molecule has 0 amide bonds. The van der Waals surface area contributed by atoms with E-state index in [9.17, 15) is 9.90 Å². The smallest absolute Gasteiger partial charge is 0.338 e. The summed E-state index contributed by atoms with van der Waals surface area (Å²) in [6, 6.07) is 0. The van der Waals surface area contributed by atoms with E-state index in [0.29, 0.717) is 5.92 Å². The maximum Gasteiger partial charge on any atom is 0.338 e. The van der Waals surface area contributed by atoms with Crippen LogP contribution in [0.25, 0.3) is 0 Å². The van der Waals surface area contributed by atoms with E-state index in [1.807, 2.05) is 0 Å². The number of ether oxygens (including phenoxy) is 1. The number of β-amino-alcohol motifs (C(OH)–C–C–N with tert-alkyl or cyclic N) is 1. The van der Waals surface area contributed by atoms with Crippen molar-refractivity contribution in [1.29, 1.82) is 0 Å². The van der Waals surface area contributed by atoms with E-state index in [1.165, 1.54) is 26.9 Å². The summed E-state index contributed by atoms with van der Waals surface area (Å²) < 4.78 is 4.53. The van der Waals surface area contributed by atoms with Crippen molar-refractivity contribution in [1.82, 2.24) is 5.32 Å². The quantitative estimate of drug-likeness (QED) is 0.662. The van der Waals surface area contributed by atoms with Crippen LogP contribution in [0, 0.1) is 5.92 Å². The summed E-state index contributed by atoms with van der Waals surface area (Å²) in [4.78, 5) is 11.2. The predicted octanol–water partition coefficient (Wildman–Crippen LogP) is 0.689. The maximum atomic E-state index is 11.2. The van der Waals surface area contributed by atoms with Crippen molar-refractivity contribution in [3.8, 4) is 0 Å². The third-order valence-electron chi connectivity index (χ3n) is 3.11. The molecule has 0 aromatic carbocycles. The Morgan fingerprint density at radius 2 is 2.00 bits per heavy atom. The van der Waals surface area contributed by atoms with Crippen LogP contribution < -0.4 is 5.32 Å².